The molecule has 3 fully saturated rings. The molecule has 3 amide bonds. The van der Waals surface area contributed by atoms with Gasteiger partial charge in [0.1, 0.15) is 17.4 Å². The fourth-order valence-electron chi connectivity index (χ4n) is 7.16. The number of ether oxygens (including phenoxy) is 2. The van der Waals surface area contributed by atoms with Crippen molar-refractivity contribution in [2.24, 2.45) is 17.3 Å². The number of likely N-dealkylation sites (tertiary alicyclic amines) is 1. The number of hydrogen-bond acceptors (Lipinski definition) is 6. The van der Waals surface area contributed by atoms with Crippen LogP contribution >= 0.6 is 15.9 Å². The van der Waals surface area contributed by atoms with Crippen molar-refractivity contribution in [1.29, 1.82) is 0 Å². The quantitative estimate of drug-likeness (QED) is 0.255. The van der Waals surface area contributed by atoms with E-state index in [-0.39, 0.29) is 34.6 Å². The zero-order valence-corrected chi connectivity index (χ0v) is 26.0. The molecule has 1 spiro atoms. The number of unbranched alkanes of at least 4 members (excludes halogenated alkanes) is 1. The molecule has 2 bridgehead atoms. The van der Waals surface area contributed by atoms with Gasteiger partial charge in [-0.1, -0.05) is 36.7 Å². The van der Waals surface area contributed by atoms with Gasteiger partial charge in [-0.25, -0.2) is 0 Å². The molecule has 1 aromatic rings. The molecule has 40 heavy (non-hydrogen) atoms. The first-order chi connectivity index (χ1) is 18.7. The van der Waals surface area contributed by atoms with Crippen LogP contribution < -0.4 is 15.4 Å². The van der Waals surface area contributed by atoms with Crippen LogP contribution in [-0.4, -0.2) is 75.6 Å². The number of benzene rings is 1. The maximum Gasteiger partial charge on any atom is 0.246 e. The highest BCUT2D eigenvalue weighted by Gasteiger charge is 2.76. The van der Waals surface area contributed by atoms with E-state index in [0.717, 1.165) is 6.42 Å². The Morgan fingerprint density at radius 1 is 1.15 bits per heavy atom. The number of halogens is 1. The molecule has 4 rings (SSSR count). The molecule has 3 aliphatic heterocycles. The zero-order valence-electron chi connectivity index (χ0n) is 24.5. The first-order valence-corrected chi connectivity index (χ1v) is 15.2. The molecule has 3 heterocycles. The fraction of sp³-hybridized carbons (Fsp3) is 0.700. The number of nitrogens with zero attached hydrogens (tertiary/aromatic N) is 1. The average molecular weight is 623 g/mol. The van der Waals surface area contributed by atoms with E-state index in [0.29, 0.717) is 43.9 Å². The number of aliphatic hydroxyl groups is 1. The van der Waals surface area contributed by atoms with Crippen LogP contribution in [0.4, 0.5) is 5.69 Å². The van der Waals surface area contributed by atoms with Gasteiger partial charge >= 0.3 is 0 Å². The molecule has 0 aromatic heterocycles. The molecule has 6 atom stereocenters. The highest BCUT2D eigenvalue weighted by molar-refractivity contribution is 9.09. The largest absolute Gasteiger partial charge is 0.494 e. The summed E-state index contributed by atoms with van der Waals surface area (Å²) in [5, 5.41) is 15.5. The van der Waals surface area contributed by atoms with Gasteiger partial charge in [-0.05, 0) is 76.1 Å². The van der Waals surface area contributed by atoms with E-state index in [1.165, 1.54) is 0 Å². The van der Waals surface area contributed by atoms with Gasteiger partial charge in [-0.15, -0.1) is 0 Å². The second kappa shape index (κ2) is 11.6. The summed E-state index contributed by atoms with van der Waals surface area (Å²) in [6.45, 7) is 13.1. The topological polar surface area (TPSA) is 117 Å². The van der Waals surface area contributed by atoms with Crippen molar-refractivity contribution in [2.75, 3.05) is 25.1 Å². The van der Waals surface area contributed by atoms with Crippen molar-refractivity contribution in [3.63, 3.8) is 0 Å². The van der Waals surface area contributed by atoms with Crippen LogP contribution in [0.25, 0.3) is 0 Å². The molecule has 1 aromatic carbocycles. The van der Waals surface area contributed by atoms with Gasteiger partial charge in [-0.3, -0.25) is 14.4 Å². The summed E-state index contributed by atoms with van der Waals surface area (Å²) in [6, 6.07) is 6.24. The number of aliphatic hydroxyl groups excluding tert-OH is 1. The summed E-state index contributed by atoms with van der Waals surface area (Å²) in [5.41, 5.74) is -1.05. The molecule has 0 aliphatic carbocycles. The first kappa shape index (κ1) is 30.8. The second-order valence-electron chi connectivity index (χ2n) is 13.2. The van der Waals surface area contributed by atoms with Crippen molar-refractivity contribution >= 4 is 39.3 Å². The van der Waals surface area contributed by atoms with Crippen LogP contribution in [0.3, 0.4) is 0 Å². The Morgan fingerprint density at radius 2 is 1.82 bits per heavy atom. The Balaban J connectivity index is 1.63. The van der Waals surface area contributed by atoms with Gasteiger partial charge in [0.15, 0.2) is 0 Å². The Morgan fingerprint density at radius 3 is 2.42 bits per heavy atom. The van der Waals surface area contributed by atoms with E-state index >= 15 is 0 Å². The lowest BCUT2D eigenvalue weighted by atomic mass is 9.70. The molecule has 10 heteroatoms. The summed E-state index contributed by atoms with van der Waals surface area (Å²) < 4.78 is 12.1. The fourth-order valence-corrected chi connectivity index (χ4v) is 8.11. The summed E-state index contributed by atoms with van der Waals surface area (Å²) in [4.78, 5) is 43.3. The molecule has 3 aliphatic rings. The van der Waals surface area contributed by atoms with Crippen molar-refractivity contribution in [3.05, 3.63) is 24.3 Å². The Hall–Kier alpha value is -2.17. The SMILES string of the molecule is CCOc1ccc(NC(=O)[C@H]2[C@@H]3OC4(CC3Br)C(C(=O)NC(C)(C)CC(C)(C)C)N(CCCCO)C(=O)[C@H]24)cc1. The number of carbonyl (C=O) groups is 3. The van der Waals surface area contributed by atoms with Crippen LogP contribution in [0.2, 0.25) is 0 Å². The number of carbonyl (C=O) groups excluding carboxylic acids is 3. The molecule has 0 saturated carbocycles. The van der Waals surface area contributed by atoms with Gasteiger partial charge in [0.25, 0.3) is 0 Å². The maximum atomic E-state index is 14.1. The van der Waals surface area contributed by atoms with Crippen LogP contribution in [0.5, 0.6) is 5.75 Å². The Bertz CT molecular complexity index is 1100. The highest BCUT2D eigenvalue weighted by atomic mass is 79.9. The molecule has 0 radical (unpaired) electrons. The highest BCUT2D eigenvalue weighted by Crippen LogP contribution is 2.60. The number of fused-ring (bicyclic) bond motifs is 1. The smallest absolute Gasteiger partial charge is 0.246 e. The van der Waals surface area contributed by atoms with Crippen LogP contribution in [0.15, 0.2) is 24.3 Å². The average Bonchev–Trinajstić information content (AvgIpc) is 3.42. The molecule has 3 unspecified atom stereocenters. The van der Waals surface area contributed by atoms with Crippen LogP contribution in [0, 0.1) is 17.3 Å². The van der Waals surface area contributed by atoms with Crippen molar-refractivity contribution in [1.82, 2.24) is 10.2 Å². The van der Waals surface area contributed by atoms with Crippen molar-refractivity contribution in [3.8, 4) is 5.75 Å². The third-order valence-electron chi connectivity index (χ3n) is 8.01. The maximum absolute atomic E-state index is 14.1. The van der Waals surface area contributed by atoms with E-state index in [1.54, 1.807) is 29.2 Å². The number of nitrogens with one attached hydrogen (secondary N) is 2. The van der Waals surface area contributed by atoms with E-state index in [4.69, 9.17) is 9.47 Å². The molecule has 222 valence electrons. The van der Waals surface area contributed by atoms with Gasteiger partial charge in [0.2, 0.25) is 17.7 Å². The summed E-state index contributed by atoms with van der Waals surface area (Å²) >= 11 is 3.71. The van der Waals surface area contributed by atoms with Crippen LogP contribution in [0.1, 0.15) is 67.2 Å². The molecule has 3 N–H and O–H groups in total. The van der Waals surface area contributed by atoms with E-state index in [9.17, 15) is 19.5 Å². The molecular weight excluding hydrogens is 578 g/mol. The van der Waals surface area contributed by atoms with Crippen molar-refractivity contribution < 1.29 is 29.0 Å². The lowest BCUT2D eigenvalue weighted by Gasteiger charge is -2.38. The molecular formula is C30H44BrN3O6. The predicted molar refractivity (Wildman–Crippen MR) is 156 cm³/mol. The molecule has 3 saturated heterocycles. The first-order valence-electron chi connectivity index (χ1n) is 14.3. The predicted octanol–water partition coefficient (Wildman–Crippen LogP) is 3.88. The number of alkyl halides is 1. The third-order valence-corrected chi connectivity index (χ3v) is 8.86. The summed E-state index contributed by atoms with van der Waals surface area (Å²) in [5.74, 6) is -1.62. The number of hydrogen-bond donors (Lipinski definition) is 3. The number of amides is 3. The molecule has 9 nitrogen and oxygen atoms in total. The minimum absolute atomic E-state index is 0.00123. The third kappa shape index (κ3) is 6.04. The summed E-state index contributed by atoms with van der Waals surface area (Å²) in [6.07, 6.45) is 1.72. The van der Waals surface area contributed by atoms with E-state index < -0.39 is 35.1 Å². The lowest BCUT2D eigenvalue weighted by molar-refractivity contribution is -0.142. The van der Waals surface area contributed by atoms with E-state index in [2.05, 4.69) is 47.3 Å². The van der Waals surface area contributed by atoms with Gasteiger partial charge in [0, 0.05) is 29.2 Å². The zero-order chi connectivity index (χ0) is 29.5. The number of anilines is 1. The standard InChI is InChI=1S/C30H44BrN3O6/c1-7-39-19-12-10-18(11-13-19)32-25(36)21-22-27(38)34(14-8-9-15-35)24(30(22)16-20(31)23(21)40-30)26(37)33-29(5,6)17-28(2,3)4/h10-13,20-24,35H,7-9,14-17H2,1-6H3,(H,32,36)(H,33,37)/t20?,21-,22+,23-,24?,30?/m1/s1. The monoisotopic (exact) mass is 621 g/mol. The van der Waals surface area contributed by atoms with Gasteiger partial charge in [0.05, 0.1) is 24.5 Å². The summed E-state index contributed by atoms with van der Waals surface area (Å²) in [7, 11) is 0. The van der Waals surface area contributed by atoms with Gasteiger partial charge < -0.3 is 30.1 Å². The Kier molecular flexibility index (Phi) is 8.93. The van der Waals surface area contributed by atoms with Gasteiger partial charge in [-0.2, -0.15) is 0 Å². The van der Waals surface area contributed by atoms with Crippen molar-refractivity contribution in [2.45, 2.75) is 95.3 Å². The minimum atomic E-state index is -1.11. The lowest BCUT2D eigenvalue weighted by Crippen LogP contribution is -2.59. The second-order valence-corrected chi connectivity index (χ2v) is 14.4. The van der Waals surface area contributed by atoms with E-state index in [1.807, 2.05) is 20.8 Å². The Labute approximate surface area is 245 Å². The minimum Gasteiger partial charge on any atom is -0.494 e. The number of rotatable bonds is 11. The van der Waals surface area contributed by atoms with Crippen LogP contribution in [-0.2, 0) is 19.1 Å². The normalized spacial score (nSPS) is 29.4.